The molecule has 12 heteroatoms. The van der Waals surface area contributed by atoms with Gasteiger partial charge in [-0.15, -0.1) is 11.8 Å². The molecular formula is C24H28N4O6S2. The lowest BCUT2D eigenvalue weighted by Gasteiger charge is -2.27. The SMILES string of the molecule is CCOc1ccc(-c2noc(CN(C)S(=O)(=O)c3ccc(SC)c(C(=O)N4CCOCC4)c3)n2)cc1. The number of rotatable bonds is 9. The molecule has 0 N–H and O–H groups in total. The van der Waals surface area contributed by atoms with Gasteiger partial charge in [0.1, 0.15) is 5.75 Å². The topological polar surface area (TPSA) is 115 Å². The number of sulfonamides is 1. The maximum absolute atomic E-state index is 13.3. The highest BCUT2D eigenvalue weighted by molar-refractivity contribution is 7.98. The van der Waals surface area contributed by atoms with Crippen molar-refractivity contribution in [1.82, 2.24) is 19.3 Å². The van der Waals surface area contributed by atoms with Crippen LogP contribution in [0, 0.1) is 0 Å². The minimum Gasteiger partial charge on any atom is -0.494 e. The third kappa shape index (κ3) is 5.72. The molecule has 1 aromatic heterocycles. The van der Waals surface area contributed by atoms with Crippen molar-refractivity contribution in [3.05, 3.63) is 53.9 Å². The van der Waals surface area contributed by atoms with Crippen LogP contribution in [0.4, 0.5) is 0 Å². The second-order valence-electron chi connectivity index (χ2n) is 8.00. The van der Waals surface area contributed by atoms with Gasteiger partial charge in [-0.05, 0) is 55.6 Å². The van der Waals surface area contributed by atoms with Gasteiger partial charge in [0.15, 0.2) is 0 Å². The first-order valence-electron chi connectivity index (χ1n) is 11.4. The lowest BCUT2D eigenvalue weighted by molar-refractivity contribution is 0.0300. The largest absolute Gasteiger partial charge is 0.494 e. The Morgan fingerprint density at radius 1 is 1.17 bits per heavy atom. The predicted octanol–water partition coefficient (Wildman–Crippen LogP) is 3.15. The van der Waals surface area contributed by atoms with E-state index in [4.69, 9.17) is 14.0 Å². The highest BCUT2D eigenvalue weighted by Gasteiger charge is 2.27. The van der Waals surface area contributed by atoms with Gasteiger partial charge in [-0.1, -0.05) is 5.16 Å². The lowest BCUT2D eigenvalue weighted by atomic mass is 10.2. The summed E-state index contributed by atoms with van der Waals surface area (Å²) in [5, 5.41) is 3.97. The Bertz CT molecular complexity index is 1300. The van der Waals surface area contributed by atoms with Crippen LogP contribution in [-0.2, 0) is 21.3 Å². The number of ether oxygens (including phenoxy) is 2. The van der Waals surface area contributed by atoms with E-state index in [2.05, 4.69) is 10.1 Å². The average Bonchev–Trinajstić information content (AvgIpc) is 3.37. The van der Waals surface area contributed by atoms with Crippen molar-refractivity contribution in [1.29, 1.82) is 0 Å². The summed E-state index contributed by atoms with van der Waals surface area (Å²) in [6.07, 6.45) is 1.85. The van der Waals surface area contributed by atoms with Crippen molar-refractivity contribution in [3.8, 4) is 17.1 Å². The summed E-state index contributed by atoms with van der Waals surface area (Å²) in [7, 11) is -2.50. The van der Waals surface area contributed by atoms with Crippen molar-refractivity contribution in [3.63, 3.8) is 0 Å². The molecule has 0 bridgehead atoms. The van der Waals surface area contributed by atoms with Crippen LogP contribution in [-0.4, -0.2) is 79.9 Å². The van der Waals surface area contributed by atoms with E-state index in [1.807, 2.05) is 13.2 Å². The molecule has 10 nitrogen and oxygen atoms in total. The fourth-order valence-corrected chi connectivity index (χ4v) is 5.43. The number of hydrogen-bond acceptors (Lipinski definition) is 9. The van der Waals surface area contributed by atoms with Gasteiger partial charge in [0.2, 0.25) is 21.7 Å². The van der Waals surface area contributed by atoms with Gasteiger partial charge in [-0.3, -0.25) is 4.79 Å². The smallest absolute Gasteiger partial charge is 0.255 e. The van der Waals surface area contributed by atoms with Gasteiger partial charge in [-0.25, -0.2) is 8.42 Å². The van der Waals surface area contributed by atoms with E-state index in [-0.39, 0.29) is 23.2 Å². The number of thioether (sulfide) groups is 1. The zero-order valence-electron chi connectivity index (χ0n) is 20.3. The first-order valence-corrected chi connectivity index (χ1v) is 14.1. The number of morpholine rings is 1. The summed E-state index contributed by atoms with van der Waals surface area (Å²) in [4.78, 5) is 19.9. The predicted molar refractivity (Wildman–Crippen MR) is 135 cm³/mol. The van der Waals surface area contributed by atoms with Crippen molar-refractivity contribution in [2.24, 2.45) is 0 Å². The highest BCUT2D eigenvalue weighted by Crippen LogP contribution is 2.27. The summed E-state index contributed by atoms with van der Waals surface area (Å²) < 4.78 is 43.9. The van der Waals surface area contributed by atoms with Crippen molar-refractivity contribution >= 4 is 27.7 Å². The second kappa shape index (κ2) is 11.4. The molecule has 36 heavy (non-hydrogen) atoms. The molecule has 1 fully saturated rings. The molecule has 1 amide bonds. The number of carbonyl (C=O) groups is 1. The monoisotopic (exact) mass is 532 g/mol. The maximum Gasteiger partial charge on any atom is 0.255 e. The molecule has 0 saturated carbocycles. The van der Waals surface area contributed by atoms with Gasteiger partial charge in [-0.2, -0.15) is 9.29 Å². The molecule has 1 saturated heterocycles. The third-order valence-electron chi connectivity index (χ3n) is 5.66. The molecule has 1 aliphatic heterocycles. The van der Waals surface area contributed by atoms with E-state index in [0.29, 0.717) is 49.2 Å². The van der Waals surface area contributed by atoms with Crippen LogP contribution in [0.1, 0.15) is 23.2 Å². The lowest BCUT2D eigenvalue weighted by Crippen LogP contribution is -2.41. The van der Waals surface area contributed by atoms with Crippen molar-refractivity contribution in [2.45, 2.75) is 23.3 Å². The Kier molecular flexibility index (Phi) is 8.29. The molecule has 0 unspecified atom stereocenters. The number of benzene rings is 2. The molecule has 1 aliphatic rings. The Balaban J connectivity index is 1.52. The van der Waals surface area contributed by atoms with E-state index >= 15 is 0 Å². The third-order valence-corrected chi connectivity index (χ3v) is 8.25. The van der Waals surface area contributed by atoms with Crippen LogP contribution >= 0.6 is 11.8 Å². The molecule has 4 rings (SSSR count). The Hall–Kier alpha value is -2.93. The van der Waals surface area contributed by atoms with Gasteiger partial charge in [0.25, 0.3) is 5.91 Å². The Morgan fingerprint density at radius 3 is 2.56 bits per heavy atom. The molecular weight excluding hydrogens is 504 g/mol. The highest BCUT2D eigenvalue weighted by atomic mass is 32.2. The van der Waals surface area contributed by atoms with Crippen molar-refractivity contribution < 1.29 is 27.2 Å². The van der Waals surface area contributed by atoms with Gasteiger partial charge in [0.05, 0.1) is 36.8 Å². The van der Waals surface area contributed by atoms with Crippen LogP contribution in [0.25, 0.3) is 11.4 Å². The number of amides is 1. The Morgan fingerprint density at radius 2 is 1.89 bits per heavy atom. The maximum atomic E-state index is 13.3. The van der Waals surface area contributed by atoms with Gasteiger partial charge >= 0.3 is 0 Å². The quantitative estimate of drug-likeness (QED) is 0.383. The van der Waals surface area contributed by atoms with Crippen LogP contribution < -0.4 is 4.74 Å². The average molecular weight is 533 g/mol. The molecule has 0 spiro atoms. The van der Waals surface area contributed by atoms with Gasteiger partial charge < -0.3 is 18.9 Å². The van der Waals surface area contributed by atoms with Gasteiger partial charge in [0, 0.05) is 30.6 Å². The summed E-state index contributed by atoms with van der Waals surface area (Å²) in [6, 6.07) is 11.8. The molecule has 0 atom stereocenters. The summed E-state index contributed by atoms with van der Waals surface area (Å²) >= 11 is 1.39. The van der Waals surface area contributed by atoms with E-state index in [9.17, 15) is 13.2 Å². The Labute approximate surface area is 214 Å². The van der Waals surface area contributed by atoms with E-state index in [1.165, 1.54) is 30.9 Å². The van der Waals surface area contributed by atoms with E-state index in [1.54, 1.807) is 35.2 Å². The normalized spacial score (nSPS) is 14.3. The molecule has 2 aromatic carbocycles. The van der Waals surface area contributed by atoms with E-state index < -0.39 is 10.0 Å². The summed E-state index contributed by atoms with van der Waals surface area (Å²) in [5.41, 5.74) is 1.08. The number of nitrogens with zero attached hydrogens (tertiary/aromatic N) is 4. The number of aromatic nitrogens is 2. The minimum absolute atomic E-state index is 0.0191. The van der Waals surface area contributed by atoms with Crippen LogP contribution in [0.15, 0.2) is 56.8 Å². The number of hydrogen-bond donors (Lipinski definition) is 0. The molecule has 0 radical (unpaired) electrons. The second-order valence-corrected chi connectivity index (χ2v) is 10.9. The summed E-state index contributed by atoms with van der Waals surface area (Å²) in [5.74, 6) is 1.02. The standard InChI is InChI=1S/C24H28N4O6S2/c1-4-33-18-7-5-17(6-8-18)23-25-22(34-26-23)16-27(2)36(30,31)19-9-10-21(35-3)20(15-19)24(29)28-11-13-32-14-12-28/h5-10,15H,4,11-14,16H2,1-3H3. The fraction of sp³-hybridized carbons (Fsp3) is 0.375. The first kappa shape index (κ1) is 26.1. The van der Waals surface area contributed by atoms with E-state index in [0.717, 1.165) is 15.6 Å². The zero-order chi connectivity index (χ0) is 25.7. The molecule has 192 valence electrons. The zero-order valence-corrected chi connectivity index (χ0v) is 22.0. The van der Waals surface area contributed by atoms with Crippen LogP contribution in [0.2, 0.25) is 0 Å². The summed E-state index contributed by atoms with van der Waals surface area (Å²) in [6.45, 7) is 4.21. The molecule has 3 aromatic rings. The minimum atomic E-state index is -3.93. The molecule has 2 heterocycles. The fourth-order valence-electron chi connectivity index (χ4n) is 3.71. The first-order chi connectivity index (χ1) is 17.3. The molecule has 0 aliphatic carbocycles. The van der Waals surface area contributed by atoms with Crippen LogP contribution in [0.3, 0.4) is 0 Å². The van der Waals surface area contributed by atoms with Crippen molar-refractivity contribution in [2.75, 3.05) is 46.2 Å². The van der Waals surface area contributed by atoms with Crippen LogP contribution in [0.5, 0.6) is 5.75 Å². The number of carbonyl (C=O) groups excluding carboxylic acids is 1.